The second-order valence-corrected chi connectivity index (χ2v) is 8.26. The van der Waals surface area contributed by atoms with Gasteiger partial charge in [0.05, 0.1) is 38.1 Å². The number of hydrogen-bond acceptors (Lipinski definition) is 5. The van der Waals surface area contributed by atoms with E-state index in [0.717, 1.165) is 45.9 Å². The molecule has 0 saturated carbocycles. The Morgan fingerprint density at radius 1 is 0.862 bits per heavy atom. The van der Waals surface area contributed by atoms with Crippen molar-refractivity contribution in [1.29, 1.82) is 0 Å². The van der Waals surface area contributed by atoms with Crippen LogP contribution >= 0.6 is 0 Å². The van der Waals surface area contributed by atoms with E-state index in [1.54, 1.807) is 0 Å². The van der Waals surface area contributed by atoms with E-state index in [0.29, 0.717) is 24.2 Å². The van der Waals surface area contributed by atoms with Crippen molar-refractivity contribution in [2.45, 2.75) is 37.6 Å². The van der Waals surface area contributed by atoms with Crippen LogP contribution in [0.25, 0.3) is 0 Å². The van der Waals surface area contributed by atoms with Gasteiger partial charge in [0.2, 0.25) is 0 Å². The standard InChI is InChI=1S/C24H30N2O3/c1-2-20(21-7-3-5-9-23(21)25-11-17-14-27-17)22-8-4-6-10-24(22)26(12-18-15-28-18)13-19-16-29-19/h3-10,17-20,25H,2,11-16H2,1H3. The zero-order valence-electron chi connectivity index (χ0n) is 17.0. The van der Waals surface area contributed by atoms with Gasteiger partial charge in [0.25, 0.3) is 0 Å². The highest BCUT2D eigenvalue weighted by molar-refractivity contribution is 5.62. The molecule has 3 fully saturated rings. The van der Waals surface area contributed by atoms with Crippen LogP contribution in [-0.4, -0.2) is 57.8 Å². The minimum Gasteiger partial charge on any atom is -0.382 e. The average molecular weight is 395 g/mol. The van der Waals surface area contributed by atoms with Crippen LogP contribution < -0.4 is 10.2 Å². The van der Waals surface area contributed by atoms with Gasteiger partial charge < -0.3 is 24.4 Å². The Morgan fingerprint density at radius 3 is 2.07 bits per heavy atom. The van der Waals surface area contributed by atoms with Crippen molar-refractivity contribution in [3.8, 4) is 0 Å². The highest BCUT2D eigenvalue weighted by atomic mass is 16.6. The molecule has 0 spiro atoms. The first-order valence-electron chi connectivity index (χ1n) is 10.8. The molecule has 5 nitrogen and oxygen atoms in total. The molecule has 0 radical (unpaired) electrons. The molecule has 5 rings (SSSR count). The number of nitrogens with one attached hydrogen (secondary N) is 1. The number of para-hydroxylation sites is 2. The number of nitrogens with zero attached hydrogens (tertiary/aromatic N) is 1. The summed E-state index contributed by atoms with van der Waals surface area (Å²) in [6.45, 7) is 7.64. The fourth-order valence-electron chi connectivity index (χ4n) is 4.16. The molecule has 0 aromatic heterocycles. The average Bonchev–Trinajstić information content (AvgIpc) is 3.60. The lowest BCUT2D eigenvalue weighted by atomic mass is 9.86. The molecular weight excluding hydrogens is 364 g/mol. The molecule has 154 valence electrons. The van der Waals surface area contributed by atoms with Gasteiger partial charge in [-0.15, -0.1) is 0 Å². The summed E-state index contributed by atoms with van der Waals surface area (Å²) < 4.78 is 16.5. The summed E-state index contributed by atoms with van der Waals surface area (Å²) in [6.07, 6.45) is 2.12. The lowest BCUT2D eigenvalue weighted by molar-refractivity contribution is 0.388. The quantitative estimate of drug-likeness (QED) is 0.590. The summed E-state index contributed by atoms with van der Waals surface area (Å²) in [4.78, 5) is 2.47. The van der Waals surface area contributed by atoms with Crippen molar-refractivity contribution in [1.82, 2.24) is 0 Å². The highest BCUT2D eigenvalue weighted by Gasteiger charge is 2.32. The van der Waals surface area contributed by atoms with Gasteiger partial charge in [0.1, 0.15) is 0 Å². The van der Waals surface area contributed by atoms with E-state index >= 15 is 0 Å². The maximum absolute atomic E-state index is 5.55. The molecule has 0 bridgehead atoms. The Morgan fingerprint density at radius 2 is 1.45 bits per heavy atom. The lowest BCUT2D eigenvalue weighted by Crippen LogP contribution is -2.32. The molecule has 4 atom stereocenters. The van der Waals surface area contributed by atoms with Gasteiger partial charge in [0.15, 0.2) is 0 Å². The number of epoxide rings is 3. The Bertz CT molecular complexity index is 816. The van der Waals surface area contributed by atoms with Gasteiger partial charge in [-0.05, 0) is 29.7 Å². The van der Waals surface area contributed by atoms with Crippen LogP contribution in [0.1, 0.15) is 30.4 Å². The van der Waals surface area contributed by atoms with Crippen LogP contribution in [0.3, 0.4) is 0 Å². The summed E-state index contributed by atoms with van der Waals surface area (Å²) in [5, 5.41) is 3.61. The smallest absolute Gasteiger partial charge is 0.0984 e. The predicted octanol–water partition coefficient (Wildman–Crippen LogP) is 3.64. The molecule has 0 amide bonds. The third kappa shape index (κ3) is 4.74. The second-order valence-electron chi connectivity index (χ2n) is 8.26. The summed E-state index contributed by atoms with van der Waals surface area (Å²) >= 11 is 0. The highest BCUT2D eigenvalue weighted by Crippen LogP contribution is 2.39. The normalized spacial score (nSPS) is 25.3. The Labute approximate surface area is 173 Å². The van der Waals surface area contributed by atoms with E-state index in [4.69, 9.17) is 14.2 Å². The van der Waals surface area contributed by atoms with Gasteiger partial charge in [-0.2, -0.15) is 0 Å². The molecule has 29 heavy (non-hydrogen) atoms. The molecule has 2 aromatic carbocycles. The van der Waals surface area contributed by atoms with Gasteiger partial charge in [-0.1, -0.05) is 43.3 Å². The van der Waals surface area contributed by atoms with E-state index < -0.39 is 0 Å². The van der Waals surface area contributed by atoms with Crippen LogP contribution in [0, 0.1) is 0 Å². The van der Waals surface area contributed by atoms with E-state index in [2.05, 4.69) is 65.7 Å². The number of benzene rings is 2. The van der Waals surface area contributed by atoms with Crippen LogP contribution in [0.5, 0.6) is 0 Å². The van der Waals surface area contributed by atoms with E-state index in [1.807, 2.05) is 0 Å². The number of hydrogen-bond donors (Lipinski definition) is 1. The molecule has 3 saturated heterocycles. The van der Waals surface area contributed by atoms with Crippen molar-refractivity contribution in [3.05, 3.63) is 59.7 Å². The lowest BCUT2D eigenvalue weighted by Gasteiger charge is -2.30. The summed E-state index contributed by atoms with van der Waals surface area (Å²) in [6, 6.07) is 17.6. The first-order valence-corrected chi connectivity index (χ1v) is 10.8. The summed E-state index contributed by atoms with van der Waals surface area (Å²) in [5.74, 6) is 0.331. The van der Waals surface area contributed by atoms with Gasteiger partial charge >= 0.3 is 0 Å². The fourth-order valence-corrected chi connectivity index (χ4v) is 4.16. The molecule has 2 aromatic rings. The first kappa shape index (κ1) is 18.9. The number of anilines is 2. The zero-order chi connectivity index (χ0) is 19.6. The molecule has 3 aliphatic rings. The van der Waals surface area contributed by atoms with Crippen molar-refractivity contribution in [2.24, 2.45) is 0 Å². The molecule has 3 aliphatic heterocycles. The number of ether oxygens (including phenoxy) is 3. The van der Waals surface area contributed by atoms with E-state index in [9.17, 15) is 0 Å². The fraction of sp³-hybridized carbons (Fsp3) is 0.500. The van der Waals surface area contributed by atoms with Crippen molar-refractivity contribution < 1.29 is 14.2 Å². The third-order valence-electron chi connectivity index (χ3n) is 5.97. The largest absolute Gasteiger partial charge is 0.382 e. The third-order valence-corrected chi connectivity index (χ3v) is 5.97. The molecule has 4 unspecified atom stereocenters. The van der Waals surface area contributed by atoms with Crippen LogP contribution in [-0.2, 0) is 14.2 Å². The van der Waals surface area contributed by atoms with E-state index in [1.165, 1.54) is 22.5 Å². The maximum atomic E-state index is 5.55. The molecule has 1 N–H and O–H groups in total. The Kier molecular flexibility index (Phi) is 5.44. The monoisotopic (exact) mass is 394 g/mol. The minimum absolute atomic E-state index is 0.331. The first-order chi connectivity index (χ1) is 14.3. The van der Waals surface area contributed by atoms with Gasteiger partial charge in [-0.25, -0.2) is 0 Å². The van der Waals surface area contributed by atoms with Crippen molar-refractivity contribution in [2.75, 3.05) is 49.7 Å². The molecule has 0 aliphatic carbocycles. The Balaban J connectivity index is 1.45. The van der Waals surface area contributed by atoms with Gasteiger partial charge in [0, 0.05) is 36.9 Å². The predicted molar refractivity (Wildman–Crippen MR) is 115 cm³/mol. The second kappa shape index (κ2) is 8.34. The minimum atomic E-state index is 0.331. The maximum Gasteiger partial charge on any atom is 0.0984 e. The Hall–Kier alpha value is -2.08. The topological polar surface area (TPSA) is 52.9 Å². The molecule has 5 heteroatoms. The SMILES string of the molecule is CCC(c1ccccc1NCC1CO1)c1ccccc1N(CC1CO1)CC1CO1. The molecular formula is C24H30N2O3. The van der Waals surface area contributed by atoms with Crippen LogP contribution in [0.15, 0.2) is 48.5 Å². The number of rotatable bonds is 11. The molecule has 3 heterocycles. The zero-order valence-corrected chi connectivity index (χ0v) is 17.0. The summed E-state index contributed by atoms with van der Waals surface area (Å²) in [7, 11) is 0. The van der Waals surface area contributed by atoms with Crippen LogP contribution in [0.2, 0.25) is 0 Å². The summed E-state index contributed by atoms with van der Waals surface area (Å²) in [5.41, 5.74) is 5.26. The van der Waals surface area contributed by atoms with Crippen molar-refractivity contribution in [3.63, 3.8) is 0 Å². The van der Waals surface area contributed by atoms with Crippen molar-refractivity contribution >= 4 is 11.4 Å². The van der Waals surface area contributed by atoms with E-state index in [-0.39, 0.29) is 0 Å². The van der Waals surface area contributed by atoms with Gasteiger partial charge in [-0.3, -0.25) is 0 Å². The van der Waals surface area contributed by atoms with Crippen LogP contribution in [0.4, 0.5) is 11.4 Å².